The van der Waals surface area contributed by atoms with Crippen molar-refractivity contribution in [2.24, 2.45) is 0 Å². The highest BCUT2D eigenvalue weighted by Gasteiger charge is 2.20. The minimum absolute atomic E-state index is 0.353. The van der Waals surface area contributed by atoms with Crippen LogP contribution in [0.1, 0.15) is 0 Å². The van der Waals surface area contributed by atoms with Crippen molar-refractivity contribution < 1.29 is 0 Å². The van der Waals surface area contributed by atoms with E-state index in [2.05, 4.69) is 47.4 Å². The zero-order valence-corrected chi connectivity index (χ0v) is 15.7. The van der Waals surface area contributed by atoms with Gasteiger partial charge < -0.3 is 4.98 Å². The van der Waals surface area contributed by atoms with E-state index in [1.54, 1.807) is 11.3 Å². The molecule has 0 spiro atoms. The van der Waals surface area contributed by atoms with Crippen LogP contribution in [0.2, 0.25) is 0 Å². The summed E-state index contributed by atoms with van der Waals surface area (Å²) in [4.78, 5) is 3.60. The second-order valence-electron chi connectivity index (χ2n) is 7.13. The highest BCUT2D eigenvalue weighted by molar-refractivity contribution is 7.28. The summed E-state index contributed by atoms with van der Waals surface area (Å²) in [5, 5.41) is 6.61. The van der Waals surface area contributed by atoms with Gasteiger partial charge in [-0.15, -0.1) is 22.3 Å². The van der Waals surface area contributed by atoms with E-state index in [4.69, 9.17) is 31.4 Å². The predicted molar refractivity (Wildman–Crippen MR) is 128 cm³/mol. The van der Waals surface area contributed by atoms with Crippen LogP contribution in [-0.2, 0) is 0 Å². The smallest absolute Gasteiger partial charge is 0.114 e. The monoisotopic (exact) mass is 363 g/mol. The van der Waals surface area contributed by atoms with Crippen LogP contribution in [0, 0.1) is 0 Å². The fourth-order valence-electron chi connectivity index (χ4n) is 4.36. The number of hydrogen-bond donors (Lipinski definition) is 1. The maximum Gasteiger partial charge on any atom is 0.114 e. The molecule has 2 aromatic heterocycles. The minimum Gasteiger partial charge on any atom is -0.354 e. The van der Waals surface area contributed by atoms with Gasteiger partial charge in [0.05, 0.1) is 5.52 Å². The molecule has 0 saturated carbocycles. The second-order valence-corrected chi connectivity index (χ2v) is 8.15. The average molecular weight is 363 g/mol. The molecule has 0 aliphatic rings. The van der Waals surface area contributed by atoms with Gasteiger partial charge in [-0.1, -0.05) is 53.4 Å². The van der Waals surface area contributed by atoms with Crippen LogP contribution in [0.3, 0.4) is 0 Å². The molecule has 0 bridgehead atoms. The van der Waals surface area contributed by atoms with Gasteiger partial charge in [-0.05, 0) is 11.5 Å². The van der Waals surface area contributed by atoms with Crippen molar-refractivity contribution in [2.75, 3.05) is 0 Å². The molecule has 0 unspecified atom stereocenters. The predicted octanol–water partition coefficient (Wildman–Crippen LogP) is 2.02. The average Bonchev–Trinajstić information content (AvgIpc) is 3.30. The van der Waals surface area contributed by atoms with Crippen molar-refractivity contribution in [3.63, 3.8) is 0 Å². The van der Waals surface area contributed by atoms with Gasteiger partial charge >= 0.3 is 0 Å². The molecule has 0 aliphatic heterocycles. The molecule has 0 saturated heterocycles. The SMILES string of the molecule is [B]c1c([B])c([B])c2c(sc3c4ccccc4c4[nH]c5ccccc5c4c32)c1[B]. The highest BCUT2D eigenvalue weighted by atomic mass is 32.1. The Hall–Kier alpha value is -2.58. The lowest BCUT2D eigenvalue weighted by Crippen LogP contribution is -2.47. The van der Waals surface area contributed by atoms with E-state index < -0.39 is 0 Å². The number of H-pyrrole nitrogens is 1. The van der Waals surface area contributed by atoms with E-state index in [-0.39, 0.29) is 0 Å². The van der Waals surface area contributed by atoms with Crippen molar-refractivity contribution in [2.45, 2.75) is 0 Å². The maximum absolute atomic E-state index is 6.48. The first-order valence-electron chi connectivity index (χ1n) is 8.97. The van der Waals surface area contributed by atoms with Crippen LogP contribution in [-0.4, -0.2) is 36.4 Å². The lowest BCUT2D eigenvalue weighted by molar-refractivity contribution is 1.57. The molecule has 120 valence electrons. The zero-order valence-electron chi connectivity index (χ0n) is 14.8. The van der Waals surface area contributed by atoms with E-state index in [1.165, 1.54) is 5.39 Å². The summed E-state index contributed by atoms with van der Waals surface area (Å²) in [7, 11) is 25.2. The van der Waals surface area contributed by atoms with Gasteiger partial charge in [0.15, 0.2) is 0 Å². The van der Waals surface area contributed by atoms with Crippen LogP contribution < -0.4 is 21.9 Å². The summed E-state index contributed by atoms with van der Waals surface area (Å²) in [6, 6.07) is 16.7. The molecule has 0 atom stereocenters. The molecule has 1 nitrogen and oxygen atoms in total. The van der Waals surface area contributed by atoms with E-state index >= 15 is 0 Å². The third-order valence-corrected chi connectivity index (χ3v) is 6.95. The number of aromatic amines is 1. The van der Waals surface area contributed by atoms with Crippen molar-refractivity contribution in [1.29, 1.82) is 0 Å². The van der Waals surface area contributed by atoms with E-state index in [0.717, 1.165) is 47.4 Å². The molecule has 0 amide bonds. The van der Waals surface area contributed by atoms with Crippen LogP contribution in [0.5, 0.6) is 0 Å². The summed E-state index contributed by atoms with van der Waals surface area (Å²) in [5.74, 6) is 0. The zero-order chi connectivity index (χ0) is 19.2. The number of fused-ring (bicyclic) bond motifs is 10. The number of aromatic nitrogens is 1. The number of rotatable bonds is 0. The van der Waals surface area contributed by atoms with Gasteiger partial charge in [0.1, 0.15) is 31.4 Å². The van der Waals surface area contributed by atoms with Crippen LogP contribution >= 0.6 is 11.3 Å². The molecule has 6 rings (SSSR count). The Labute approximate surface area is 170 Å². The third-order valence-electron chi connectivity index (χ3n) is 5.69. The summed E-state index contributed by atoms with van der Waals surface area (Å²) in [5.41, 5.74) is 3.89. The number of nitrogens with one attached hydrogen (secondary N) is 1. The van der Waals surface area contributed by atoms with E-state index in [9.17, 15) is 0 Å². The molecular weight excluding hydrogens is 354 g/mol. The molecule has 2 heterocycles. The normalized spacial score (nSPS) is 12.1. The van der Waals surface area contributed by atoms with Gasteiger partial charge in [-0.2, -0.15) is 0 Å². The first-order valence-corrected chi connectivity index (χ1v) is 9.78. The van der Waals surface area contributed by atoms with Gasteiger partial charge in [0, 0.05) is 41.8 Å². The van der Waals surface area contributed by atoms with E-state index in [0.29, 0.717) is 21.9 Å². The molecule has 6 aromatic rings. The van der Waals surface area contributed by atoms with Gasteiger partial charge in [0.25, 0.3) is 0 Å². The van der Waals surface area contributed by atoms with Crippen LogP contribution in [0.15, 0.2) is 48.5 Å². The number of para-hydroxylation sites is 1. The molecule has 8 radical (unpaired) electrons. The standard InChI is InChI=1S/C22H9B4NS/c23-16-15-14-13-11-7-3-4-8-12(11)27-20(13)9-5-1-2-6-10(9)21(14)28-22(15)19(26)18(25)17(16)24/h1-8,27H. The van der Waals surface area contributed by atoms with Gasteiger partial charge in [0.2, 0.25) is 0 Å². The van der Waals surface area contributed by atoms with Crippen molar-refractivity contribution in [3.8, 4) is 0 Å². The highest BCUT2D eigenvalue weighted by Crippen LogP contribution is 2.44. The van der Waals surface area contributed by atoms with Crippen molar-refractivity contribution in [1.82, 2.24) is 4.98 Å². The Morgan fingerprint density at radius 1 is 0.571 bits per heavy atom. The summed E-state index contributed by atoms with van der Waals surface area (Å²) in [6.45, 7) is 0. The minimum atomic E-state index is 0.353. The van der Waals surface area contributed by atoms with Crippen molar-refractivity contribution in [3.05, 3.63) is 48.5 Å². The maximum atomic E-state index is 6.48. The molecular formula is C22H9B4NS. The fourth-order valence-corrected chi connectivity index (χ4v) is 5.69. The van der Waals surface area contributed by atoms with Gasteiger partial charge in [-0.25, -0.2) is 0 Å². The van der Waals surface area contributed by atoms with Crippen molar-refractivity contribution >= 4 is 117 Å². The lowest BCUT2D eigenvalue weighted by atomic mass is 9.65. The van der Waals surface area contributed by atoms with Crippen LogP contribution in [0.25, 0.3) is 52.8 Å². The Morgan fingerprint density at radius 3 is 2.00 bits per heavy atom. The topological polar surface area (TPSA) is 15.8 Å². The largest absolute Gasteiger partial charge is 0.354 e. The fraction of sp³-hybridized carbons (Fsp3) is 0. The number of hydrogen-bond acceptors (Lipinski definition) is 1. The Balaban J connectivity index is 2.08. The van der Waals surface area contributed by atoms with E-state index in [1.807, 2.05) is 6.07 Å². The Morgan fingerprint density at radius 2 is 1.21 bits per heavy atom. The molecule has 6 heteroatoms. The first-order chi connectivity index (χ1) is 13.6. The molecule has 0 fully saturated rings. The molecule has 1 N–H and O–H groups in total. The molecule has 0 aliphatic carbocycles. The third kappa shape index (κ3) is 1.87. The summed E-state index contributed by atoms with van der Waals surface area (Å²) < 4.78 is 2.04. The number of benzene rings is 4. The molecule has 28 heavy (non-hydrogen) atoms. The second kappa shape index (κ2) is 5.48. The van der Waals surface area contributed by atoms with Gasteiger partial charge in [-0.3, -0.25) is 0 Å². The first kappa shape index (κ1) is 16.4. The van der Waals surface area contributed by atoms with Crippen LogP contribution in [0.4, 0.5) is 0 Å². The summed E-state index contributed by atoms with van der Waals surface area (Å²) in [6.07, 6.45) is 0. The Bertz CT molecular complexity index is 1610. The number of thiophene rings is 1. The lowest BCUT2D eigenvalue weighted by Gasteiger charge is -2.13. The quantitative estimate of drug-likeness (QED) is 0.398. The summed E-state index contributed by atoms with van der Waals surface area (Å²) >= 11 is 1.63. The molecule has 4 aromatic carbocycles. The Kier molecular flexibility index (Phi) is 3.21.